The van der Waals surface area contributed by atoms with E-state index in [4.69, 9.17) is 14.2 Å². The van der Waals surface area contributed by atoms with Crippen molar-refractivity contribution in [3.63, 3.8) is 0 Å². The van der Waals surface area contributed by atoms with Crippen LogP contribution in [0.25, 0.3) is 0 Å². The zero-order valence-electron chi connectivity index (χ0n) is 12.4. The number of hydrogen-bond acceptors (Lipinski definition) is 5. The topological polar surface area (TPSA) is 56.8 Å². The van der Waals surface area contributed by atoms with E-state index in [0.29, 0.717) is 36.0 Å². The molecule has 1 N–H and O–H groups in total. The third-order valence-electron chi connectivity index (χ3n) is 3.41. The molecule has 3 rings (SSSR count). The Kier molecular flexibility index (Phi) is 4.20. The second-order valence-electron chi connectivity index (χ2n) is 4.91. The van der Waals surface area contributed by atoms with Crippen molar-refractivity contribution in [1.82, 2.24) is 5.32 Å². The van der Waals surface area contributed by atoms with Crippen LogP contribution in [0.1, 0.15) is 28.2 Å². The number of rotatable bonds is 4. The molecule has 0 radical (unpaired) electrons. The first-order chi connectivity index (χ1) is 10.7. The average molecular weight is 319 g/mol. The van der Waals surface area contributed by atoms with Crippen LogP contribution in [0.2, 0.25) is 0 Å². The molecule has 0 aliphatic carbocycles. The Hall–Kier alpha value is -2.21. The maximum absolute atomic E-state index is 12.4. The van der Waals surface area contributed by atoms with Gasteiger partial charge in [-0.1, -0.05) is 6.07 Å². The van der Waals surface area contributed by atoms with Crippen LogP contribution in [0, 0.1) is 0 Å². The summed E-state index contributed by atoms with van der Waals surface area (Å²) in [6, 6.07) is 7.28. The van der Waals surface area contributed by atoms with Crippen molar-refractivity contribution in [2.45, 2.75) is 13.0 Å². The van der Waals surface area contributed by atoms with E-state index >= 15 is 0 Å². The fourth-order valence-corrected chi connectivity index (χ4v) is 3.03. The number of hydrogen-bond donors (Lipinski definition) is 1. The maximum atomic E-state index is 12.4. The molecule has 22 heavy (non-hydrogen) atoms. The van der Waals surface area contributed by atoms with Crippen molar-refractivity contribution < 1.29 is 19.0 Å². The highest BCUT2D eigenvalue weighted by Gasteiger charge is 2.21. The molecule has 0 fully saturated rings. The zero-order valence-corrected chi connectivity index (χ0v) is 13.2. The van der Waals surface area contributed by atoms with Gasteiger partial charge in [0.1, 0.15) is 13.2 Å². The van der Waals surface area contributed by atoms with Crippen LogP contribution in [-0.2, 0) is 0 Å². The Morgan fingerprint density at radius 2 is 2.18 bits per heavy atom. The van der Waals surface area contributed by atoms with Crippen LogP contribution in [0.3, 0.4) is 0 Å². The van der Waals surface area contributed by atoms with E-state index in [9.17, 15) is 4.79 Å². The third kappa shape index (κ3) is 2.87. The van der Waals surface area contributed by atoms with E-state index in [1.165, 1.54) is 0 Å². The number of methoxy groups -OCH3 is 1. The van der Waals surface area contributed by atoms with Gasteiger partial charge in [0.15, 0.2) is 11.5 Å². The first-order valence-corrected chi connectivity index (χ1v) is 7.89. The van der Waals surface area contributed by atoms with Crippen molar-refractivity contribution in [1.29, 1.82) is 0 Å². The van der Waals surface area contributed by atoms with E-state index in [-0.39, 0.29) is 11.9 Å². The summed E-state index contributed by atoms with van der Waals surface area (Å²) in [5, 5.41) is 4.97. The summed E-state index contributed by atoms with van der Waals surface area (Å²) in [6.45, 7) is 2.90. The third-order valence-corrected chi connectivity index (χ3v) is 4.46. The summed E-state index contributed by atoms with van der Waals surface area (Å²) >= 11 is 1.61. The number of nitrogens with one attached hydrogen (secondary N) is 1. The highest BCUT2D eigenvalue weighted by Crippen LogP contribution is 2.40. The second-order valence-corrected chi connectivity index (χ2v) is 5.89. The van der Waals surface area contributed by atoms with Crippen molar-refractivity contribution in [2.24, 2.45) is 0 Å². The quantitative estimate of drug-likeness (QED) is 0.941. The van der Waals surface area contributed by atoms with Gasteiger partial charge in [-0.15, -0.1) is 11.3 Å². The van der Waals surface area contributed by atoms with Gasteiger partial charge in [0.25, 0.3) is 5.91 Å². The number of carbonyl (C=O) groups excluding carboxylic acids is 1. The molecule has 2 heterocycles. The molecule has 1 aromatic heterocycles. The minimum atomic E-state index is -0.170. The summed E-state index contributed by atoms with van der Waals surface area (Å²) in [5.41, 5.74) is 0.490. The Balaban J connectivity index is 1.83. The predicted octanol–water partition coefficient (Wildman–Crippen LogP) is 3.02. The van der Waals surface area contributed by atoms with Crippen LogP contribution in [0.4, 0.5) is 0 Å². The fourth-order valence-electron chi connectivity index (χ4n) is 2.29. The summed E-state index contributed by atoms with van der Waals surface area (Å²) in [4.78, 5) is 13.6. The van der Waals surface area contributed by atoms with Crippen LogP contribution in [0.15, 0.2) is 29.6 Å². The molecule has 0 unspecified atom stereocenters. The van der Waals surface area contributed by atoms with E-state index in [0.717, 1.165) is 4.88 Å². The highest BCUT2D eigenvalue weighted by atomic mass is 32.1. The lowest BCUT2D eigenvalue weighted by Crippen LogP contribution is -2.26. The minimum absolute atomic E-state index is 0.0494. The molecule has 5 nitrogen and oxygen atoms in total. The lowest BCUT2D eigenvalue weighted by molar-refractivity contribution is 0.0938. The summed E-state index contributed by atoms with van der Waals surface area (Å²) in [6.07, 6.45) is 0. The van der Waals surface area contributed by atoms with Gasteiger partial charge < -0.3 is 19.5 Å². The Morgan fingerprint density at radius 3 is 2.91 bits per heavy atom. The standard InChI is InChI=1S/C16H17NO4S/c1-10(14-4-3-7-22-14)17-16(18)11-8-12(19-2)15-13(9-11)20-5-6-21-15/h3-4,7-10H,5-6H2,1-2H3,(H,17,18)/t10-/m0/s1. The van der Waals surface area contributed by atoms with Gasteiger partial charge in [0.2, 0.25) is 5.75 Å². The lowest BCUT2D eigenvalue weighted by Gasteiger charge is -2.21. The average Bonchev–Trinajstić information content (AvgIpc) is 3.08. The van der Waals surface area contributed by atoms with E-state index in [1.54, 1.807) is 30.6 Å². The number of thiophene rings is 1. The van der Waals surface area contributed by atoms with Gasteiger partial charge in [0, 0.05) is 10.4 Å². The number of carbonyl (C=O) groups is 1. The largest absolute Gasteiger partial charge is 0.493 e. The molecule has 1 amide bonds. The van der Waals surface area contributed by atoms with E-state index < -0.39 is 0 Å². The molecular formula is C16H17NO4S. The monoisotopic (exact) mass is 319 g/mol. The highest BCUT2D eigenvalue weighted by molar-refractivity contribution is 7.10. The molecule has 1 atom stereocenters. The number of fused-ring (bicyclic) bond motifs is 1. The van der Waals surface area contributed by atoms with E-state index in [2.05, 4.69) is 5.32 Å². The van der Waals surface area contributed by atoms with Crippen LogP contribution in [-0.4, -0.2) is 26.2 Å². The molecule has 0 saturated carbocycles. The molecule has 6 heteroatoms. The molecule has 1 aliphatic heterocycles. The van der Waals surface area contributed by atoms with Gasteiger partial charge in [0.05, 0.1) is 13.2 Å². The summed E-state index contributed by atoms with van der Waals surface area (Å²) in [7, 11) is 1.55. The molecule has 0 saturated heterocycles. The maximum Gasteiger partial charge on any atom is 0.252 e. The van der Waals surface area contributed by atoms with Crippen molar-refractivity contribution in [3.05, 3.63) is 40.1 Å². The van der Waals surface area contributed by atoms with Gasteiger partial charge in [-0.25, -0.2) is 0 Å². The summed E-state index contributed by atoms with van der Waals surface area (Å²) < 4.78 is 16.4. The molecule has 2 aromatic rings. The summed E-state index contributed by atoms with van der Waals surface area (Å²) in [5.74, 6) is 1.43. The number of benzene rings is 1. The van der Waals surface area contributed by atoms with Crippen LogP contribution < -0.4 is 19.5 Å². The first kappa shape index (κ1) is 14.7. The van der Waals surface area contributed by atoms with E-state index in [1.807, 2.05) is 24.4 Å². The molecule has 1 aromatic carbocycles. The van der Waals surface area contributed by atoms with Crippen LogP contribution in [0.5, 0.6) is 17.2 Å². The number of amides is 1. The molecule has 116 valence electrons. The van der Waals surface area contributed by atoms with Crippen LogP contribution >= 0.6 is 11.3 Å². The molecule has 0 bridgehead atoms. The lowest BCUT2D eigenvalue weighted by atomic mass is 10.1. The van der Waals surface area contributed by atoms with Crippen molar-refractivity contribution in [2.75, 3.05) is 20.3 Å². The SMILES string of the molecule is COc1cc(C(=O)N[C@@H](C)c2cccs2)cc2c1OCCO2. The number of ether oxygens (including phenoxy) is 3. The molecular weight excluding hydrogens is 302 g/mol. The smallest absolute Gasteiger partial charge is 0.252 e. The van der Waals surface area contributed by atoms with Gasteiger partial charge >= 0.3 is 0 Å². The van der Waals surface area contributed by atoms with Gasteiger partial charge in [-0.05, 0) is 30.5 Å². The second kappa shape index (κ2) is 6.27. The Morgan fingerprint density at radius 1 is 1.36 bits per heavy atom. The predicted molar refractivity (Wildman–Crippen MR) is 84.2 cm³/mol. The molecule has 0 spiro atoms. The zero-order chi connectivity index (χ0) is 15.5. The minimum Gasteiger partial charge on any atom is -0.493 e. The molecule has 1 aliphatic rings. The van der Waals surface area contributed by atoms with Gasteiger partial charge in [-0.2, -0.15) is 0 Å². The Bertz CT molecular complexity index is 652. The van der Waals surface area contributed by atoms with Gasteiger partial charge in [-0.3, -0.25) is 4.79 Å². The van der Waals surface area contributed by atoms with Crippen molar-refractivity contribution >= 4 is 17.2 Å². The first-order valence-electron chi connectivity index (χ1n) is 7.01. The normalized spacial score (nSPS) is 14.3. The fraction of sp³-hybridized carbons (Fsp3) is 0.312. The Labute approximate surface area is 132 Å². The van der Waals surface area contributed by atoms with Crippen molar-refractivity contribution in [3.8, 4) is 17.2 Å².